The summed E-state index contributed by atoms with van der Waals surface area (Å²) in [5.41, 5.74) is 4.33. The Morgan fingerprint density at radius 3 is 2.92 bits per heavy atom. The molecule has 0 saturated heterocycles. The third kappa shape index (κ3) is 3.01. The first-order valence-electron chi connectivity index (χ1n) is 8.40. The summed E-state index contributed by atoms with van der Waals surface area (Å²) in [7, 11) is 1.99. The standard InChI is InChI=1S/C18H19N7O/c1-12(2)15-8-17(18-21-20-11-25(18)22-15)24(3)10-14-7-16(23-26-14)13-5-4-6-19-9-13/h4-9,11-12H,10H2,1-3H3. The van der Waals surface area contributed by atoms with Crippen LogP contribution in [0.4, 0.5) is 5.69 Å². The van der Waals surface area contributed by atoms with Crippen molar-refractivity contribution in [3.8, 4) is 11.3 Å². The molecule has 26 heavy (non-hydrogen) atoms. The maximum atomic E-state index is 5.50. The van der Waals surface area contributed by atoms with Gasteiger partial charge in [-0.2, -0.15) is 9.61 Å². The van der Waals surface area contributed by atoms with E-state index in [1.807, 2.05) is 31.3 Å². The van der Waals surface area contributed by atoms with E-state index in [9.17, 15) is 0 Å². The van der Waals surface area contributed by atoms with Gasteiger partial charge in [0.25, 0.3) is 0 Å². The lowest BCUT2D eigenvalue weighted by atomic mass is 10.1. The summed E-state index contributed by atoms with van der Waals surface area (Å²) in [5.74, 6) is 1.06. The van der Waals surface area contributed by atoms with E-state index < -0.39 is 0 Å². The monoisotopic (exact) mass is 349 g/mol. The van der Waals surface area contributed by atoms with Crippen molar-refractivity contribution in [3.63, 3.8) is 0 Å². The van der Waals surface area contributed by atoms with Gasteiger partial charge in [0, 0.05) is 31.1 Å². The van der Waals surface area contributed by atoms with E-state index in [0.29, 0.717) is 18.1 Å². The molecule has 0 radical (unpaired) electrons. The zero-order valence-electron chi connectivity index (χ0n) is 14.9. The van der Waals surface area contributed by atoms with Crippen LogP contribution in [0.25, 0.3) is 16.9 Å². The first-order valence-corrected chi connectivity index (χ1v) is 8.40. The fraction of sp³-hybridized carbons (Fsp3) is 0.278. The van der Waals surface area contributed by atoms with Gasteiger partial charge in [-0.05, 0) is 24.1 Å². The highest BCUT2D eigenvalue weighted by molar-refractivity contribution is 5.68. The van der Waals surface area contributed by atoms with Crippen molar-refractivity contribution >= 4 is 11.3 Å². The van der Waals surface area contributed by atoms with E-state index in [2.05, 4.69) is 44.2 Å². The van der Waals surface area contributed by atoms with Crippen LogP contribution in [0.15, 0.2) is 47.5 Å². The van der Waals surface area contributed by atoms with Gasteiger partial charge in [0.2, 0.25) is 5.65 Å². The number of hydrogen-bond acceptors (Lipinski definition) is 7. The summed E-state index contributed by atoms with van der Waals surface area (Å²) in [5, 5.41) is 16.9. The second kappa shape index (κ2) is 6.55. The van der Waals surface area contributed by atoms with E-state index in [1.165, 1.54) is 0 Å². The summed E-state index contributed by atoms with van der Waals surface area (Å²) >= 11 is 0. The van der Waals surface area contributed by atoms with Gasteiger partial charge in [-0.1, -0.05) is 19.0 Å². The van der Waals surface area contributed by atoms with Crippen molar-refractivity contribution in [2.75, 3.05) is 11.9 Å². The van der Waals surface area contributed by atoms with Crippen molar-refractivity contribution in [1.29, 1.82) is 0 Å². The average Bonchev–Trinajstić information content (AvgIpc) is 3.30. The lowest BCUT2D eigenvalue weighted by molar-refractivity contribution is 0.385. The van der Waals surface area contributed by atoms with Gasteiger partial charge in [-0.3, -0.25) is 4.98 Å². The van der Waals surface area contributed by atoms with Gasteiger partial charge in [-0.15, -0.1) is 10.2 Å². The first-order chi connectivity index (χ1) is 12.6. The smallest absolute Gasteiger partial charge is 0.200 e. The average molecular weight is 349 g/mol. The molecule has 4 aromatic rings. The minimum absolute atomic E-state index is 0.302. The molecule has 0 saturated carbocycles. The lowest BCUT2D eigenvalue weighted by Crippen LogP contribution is -2.18. The Morgan fingerprint density at radius 2 is 2.15 bits per heavy atom. The highest BCUT2D eigenvalue weighted by Crippen LogP contribution is 2.25. The lowest BCUT2D eigenvalue weighted by Gasteiger charge is -2.19. The Morgan fingerprint density at radius 1 is 1.27 bits per heavy atom. The molecule has 0 aliphatic carbocycles. The number of pyridine rings is 1. The van der Waals surface area contributed by atoms with Crippen LogP contribution < -0.4 is 4.90 Å². The van der Waals surface area contributed by atoms with E-state index in [4.69, 9.17) is 4.52 Å². The van der Waals surface area contributed by atoms with E-state index in [1.54, 1.807) is 23.2 Å². The van der Waals surface area contributed by atoms with Crippen molar-refractivity contribution < 1.29 is 4.52 Å². The summed E-state index contributed by atoms with van der Waals surface area (Å²) in [6.45, 7) is 4.77. The molecule has 0 atom stereocenters. The van der Waals surface area contributed by atoms with Gasteiger partial charge < -0.3 is 9.42 Å². The Balaban J connectivity index is 1.63. The van der Waals surface area contributed by atoms with Crippen LogP contribution in [0, 0.1) is 0 Å². The predicted octanol–water partition coefficient (Wildman–Crippen LogP) is 2.93. The van der Waals surface area contributed by atoms with E-state index in [-0.39, 0.29) is 0 Å². The van der Waals surface area contributed by atoms with E-state index in [0.717, 1.165) is 28.4 Å². The van der Waals surface area contributed by atoms with Crippen LogP contribution in [0.3, 0.4) is 0 Å². The van der Waals surface area contributed by atoms with Crippen LogP contribution in [0.2, 0.25) is 0 Å². The zero-order valence-corrected chi connectivity index (χ0v) is 14.9. The second-order valence-electron chi connectivity index (χ2n) is 6.48. The molecule has 0 aliphatic heterocycles. The minimum Gasteiger partial charge on any atom is -0.364 e. The quantitative estimate of drug-likeness (QED) is 0.547. The molecule has 0 aromatic carbocycles. The third-order valence-electron chi connectivity index (χ3n) is 4.18. The van der Waals surface area contributed by atoms with Crippen LogP contribution in [-0.4, -0.2) is 37.0 Å². The molecule has 132 valence electrons. The van der Waals surface area contributed by atoms with Crippen LogP contribution >= 0.6 is 0 Å². The molecule has 0 N–H and O–H groups in total. The molecule has 4 heterocycles. The fourth-order valence-corrected chi connectivity index (χ4v) is 2.75. The van der Waals surface area contributed by atoms with Crippen molar-refractivity contribution in [3.05, 3.63) is 54.4 Å². The van der Waals surface area contributed by atoms with Gasteiger partial charge >= 0.3 is 0 Å². The molecule has 0 bridgehead atoms. The Hall–Kier alpha value is -3.29. The molecular weight excluding hydrogens is 330 g/mol. The SMILES string of the molecule is CC(C)c1cc(N(C)Cc2cc(-c3cccnc3)no2)c2nncn2n1. The summed E-state index contributed by atoms with van der Waals surface area (Å²) in [6.07, 6.45) is 5.12. The van der Waals surface area contributed by atoms with Gasteiger partial charge in [0.05, 0.1) is 17.9 Å². The largest absolute Gasteiger partial charge is 0.364 e. The van der Waals surface area contributed by atoms with Gasteiger partial charge in [0.15, 0.2) is 5.76 Å². The van der Waals surface area contributed by atoms with Crippen LogP contribution in [0.1, 0.15) is 31.2 Å². The second-order valence-corrected chi connectivity index (χ2v) is 6.48. The molecule has 0 aliphatic rings. The molecule has 8 nitrogen and oxygen atoms in total. The number of fused-ring (bicyclic) bond motifs is 1. The molecule has 4 rings (SSSR count). The Bertz CT molecular complexity index is 1020. The summed E-state index contributed by atoms with van der Waals surface area (Å²) in [4.78, 5) is 6.18. The van der Waals surface area contributed by atoms with Crippen molar-refractivity contribution in [2.45, 2.75) is 26.3 Å². The third-order valence-corrected chi connectivity index (χ3v) is 4.18. The molecular formula is C18H19N7O. The number of anilines is 1. The van der Waals surface area contributed by atoms with Crippen LogP contribution in [0.5, 0.6) is 0 Å². The number of nitrogens with zero attached hydrogens (tertiary/aromatic N) is 7. The summed E-state index contributed by atoms with van der Waals surface area (Å²) in [6, 6.07) is 7.81. The van der Waals surface area contributed by atoms with Crippen molar-refractivity contribution in [1.82, 2.24) is 30.0 Å². The molecule has 0 amide bonds. The number of aromatic nitrogens is 6. The van der Waals surface area contributed by atoms with Gasteiger partial charge in [-0.25, -0.2) is 0 Å². The highest BCUT2D eigenvalue weighted by Gasteiger charge is 2.16. The van der Waals surface area contributed by atoms with E-state index >= 15 is 0 Å². The highest BCUT2D eigenvalue weighted by atomic mass is 16.5. The molecule has 0 spiro atoms. The zero-order chi connectivity index (χ0) is 18.1. The minimum atomic E-state index is 0.302. The number of rotatable bonds is 5. The molecule has 8 heteroatoms. The fourth-order valence-electron chi connectivity index (χ4n) is 2.75. The Kier molecular flexibility index (Phi) is 4.08. The van der Waals surface area contributed by atoms with Crippen molar-refractivity contribution in [2.24, 2.45) is 0 Å². The topological polar surface area (TPSA) is 85.2 Å². The molecule has 0 unspecified atom stereocenters. The first kappa shape index (κ1) is 16.2. The molecule has 4 aromatic heterocycles. The predicted molar refractivity (Wildman–Crippen MR) is 96.7 cm³/mol. The summed E-state index contributed by atoms with van der Waals surface area (Å²) < 4.78 is 7.22. The number of hydrogen-bond donors (Lipinski definition) is 0. The van der Waals surface area contributed by atoms with Crippen LogP contribution in [-0.2, 0) is 6.54 Å². The Labute approximate surface area is 150 Å². The maximum absolute atomic E-state index is 5.50. The normalized spacial score (nSPS) is 11.4. The maximum Gasteiger partial charge on any atom is 0.200 e. The molecule has 0 fully saturated rings. The van der Waals surface area contributed by atoms with Gasteiger partial charge in [0.1, 0.15) is 12.0 Å².